The highest BCUT2D eigenvalue weighted by atomic mass is 19.4. The van der Waals surface area contributed by atoms with E-state index >= 15 is 0 Å². The van der Waals surface area contributed by atoms with Gasteiger partial charge >= 0.3 is 6.18 Å². The lowest BCUT2D eigenvalue weighted by Gasteiger charge is -2.21. The zero-order valence-corrected chi connectivity index (χ0v) is 7.67. The van der Waals surface area contributed by atoms with Crippen LogP contribution in [0.15, 0.2) is 0 Å². The van der Waals surface area contributed by atoms with Crippen LogP contribution in [-0.4, -0.2) is 28.6 Å². The van der Waals surface area contributed by atoms with Crippen LogP contribution in [0.3, 0.4) is 0 Å². The van der Waals surface area contributed by atoms with Crippen LogP contribution in [0.1, 0.15) is 26.7 Å². The first-order valence-corrected chi connectivity index (χ1v) is 4.21. The van der Waals surface area contributed by atoms with E-state index in [0.717, 1.165) is 0 Å². The van der Waals surface area contributed by atoms with Gasteiger partial charge in [-0.15, -0.1) is 0 Å². The molecule has 0 aliphatic rings. The van der Waals surface area contributed by atoms with Gasteiger partial charge in [0.05, 0.1) is 6.10 Å². The van der Waals surface area contributed by atoms with Gasteiger partial charge in [0.25, 0.3) is 0 Å². The third-order valence-corrected chi connectivity index (χ3v) is 2.05. The second-order valence-electron chi connectivity index (χ2n) is 3.25. The van der Waals surface area contributed by atoms with Gasteiger partial charge in [-0.1, -0.05) is 13.8 Å². The number of alkyl halides is 3. The van der Waals surface area contributed by atoms with E-state index in [1.807, 2.05) is 0 Å². The lowest BCUT2D eigenvalue weighted by Crippen LogP contribution is -2.33. The first kappa shape index (κ1) is 12.7. The number of aliphatic hydroxyl groups is 2. The number of rotatable bonds is 4. The van der Waals surface area contributed by atoms with Crippen LogP contribution >= 0.6 is 0 Å². The maximum absolute atomic E-state index is 11.8. The molecule has 3 unspecified atom stereocenters. The van der Waals surface area contributed by atoms with Gasteiger partial charge in [0.15, 0.2) is 0 Å². The summed E-state index contributed by atoms with van der Waals surface area (Å²) in [6.45, 7) is 3.17. The minimum Gasteiger partial charge on any atom is -0.393 e. The zero-order valence-electron chi connectivity index (χ0n) is 7.67. The molecular formula is C8H15F3O2. The summed E-state index contributed by atoms with van der Waals surface area (Å²) < 4.78 is 35.5. The fourth-order valence-electron chi connectivity index (χ4n) is 1.05. The van der Waals surface area contributed by atoms with Crippen LogP contribution in [0.5, 0.6) is 0 Å². The van der Waals surface area contributed by atoms with E-state index in [2.05, 4.69) is 0 Å². The average molecular weight is 200 g/mol. The third kappa shape index (κ3) is 4.47. The van der Waals surface area contributed by atoms with Crippen molar-refractivity contribution in [3.05, 3.63) is 0 Å². The Morgan fingerprint density at radius 1 is 1.23 bits per heavy atom. The van der Waals surface area contributed by atoms with E-state index in [-0.39, 0.29) is 0 Å². The Hall–Kier alpha value is -0.290. The van der Waals surface area contributed by atoms with E-state index in [1.165, 1.54) is 6.92 Å². The molecule has 3 atom stereocenters. The second kappa shape index (κ2) is 4.81. The van der Waals surface area contributed by atoms with Crippen LogP contribution in [0.4, 0.5) is 13.2 Å². The Kier molecular flexibility index (Phi) is 4.70. The Morgan fingerprint density at radius 3 is 2.00 bits per heavy atom. The highest BCUT2D eigenvalue weighted by Crippen LogP contribution is 2.26. The van der Waals surface area contributed by atoms with Gasteiger partial charge < -0.3 is 10.2 Å². The standard InChI is InChI=1S/C8H15F3O2/c1-3-6(12)5(2)4-7(13)8(9,10)11/h5-7,12-13H,3-4H2,1-2H3. The average Bonchev–Trinajstić information content (AvgIpc) is 2.01. The van der Waals surface area contributed by atoms with E-state index in [0.29, 0.717) is 6.42 Å². The monoisotopic (exact) mass is 200 g/mol. The van der Waals surface area contributed by atoms with Crippen molar-refractivity contribution in [3.63, 3.8) is 0 Å². The Bertz CT molecular complexity index is 147. The molecule has 2 N–H and O–H groups in total. The van der Waals surface area contributed by atoms with Crippen molar-refractivity contribution in [1.29, 1.82) is 0 Å². The second-order valence-corrected chi connectivity index (χ2v) is 3.25. The maximum atomic E-state index is 11.8. The molecule has 0 saturated heterocycles. The molecule has 0 spiro atoms. The van der Waals surface area contributed by atoms with Gasteiger partial charge in [-0.2, -0.15) is 13.2 Å². The maximum Gasteiger partial charge on any atom is 0.414 e. The van der Waals surface area contributed by atoms with Crippen molar-refractivity contribution in [2.75, 3.05) is 0 Å². The number of hydrogen-bond donors (Lipinski definition) is 2. The molecule has 80 valence electrons. The van der Waals surface area contributed by atoms with E-state index in [4.69, 9.17) is 10.2 Å². The Morgan fingerprint density at radius 2 is 1.69 bits per heavy atom. The summed E-state index contributed by atoms with van der Waals surface area (Å²) in [5.74, 6) is -0.540. The molecule has 2 nitrogen and oxygen atoms in total. The van der Waals surface area contributed by atoms with Crippen LogP contribution < -0.4 is 0 Å². The van der Waals surface area contributed by atoms with Crippen LogP contribution in [0.2, 0.25) is 0 Å². The summed E-state index contributed by atoms with van der Waals surface area (Å²) in [5.41, 5.74) is 0. The molecule has 0 aromatic heterocycles. The first-order valence-electron chi connectivity index (χ1n) is 4.21. The van der Waals surface area contributed by atoms with Crippen molar-refractivity contribution in [3.8, 4) is 0 Å². The first-order chi connectivity index (χ1) is 5.79. The van der Waals surface area contributed by atoms with Gasteiger partial charge in [0.1, 0.15) is 6.10 Å². The van der Waals surface area contributed by atoms with Crippen molar-refractivity contribution < 1.29 is 23.4 Å². The van der Waals surface area contributed by atoms with Gasteiger partial charge in [0.2, 0.25) is 0 Å². The van der Waals surface area contributed by atoms with E-state index in [1.54, 1.807) is 6.92 Å². The highest BCUT2D eigenvalue weighted by Gasteiger charge is 2.39. The van der Waals surface area contributed by atoms with Gasteiger partial charge in [-0.05, 0) is 18.8 Å². The SMILES string of the molecule is CCC(O)C(C)CC(O)C(F)(F)F. The zero-order chi connectivity index (χ0) is 10.6. The van der Waals surface area contributed by atoms with Crippen LogP contribution in [0.25, 0.3) is 0 Å². The van der Waals surface area contributed by atoms with Gasteiger partial charge in [-0.25, -0.2) is 0 Å². The summed E-state index contributed by atoms with van der Waals surface area (Å²) in [5, 5.41) is 17.8. The van der Waals surface area contributed by atoms with Gasteiger partial charge in [-0.3, -0.25) is 0 Å². The number of aliphatic hydroxyl groups excluding tert-OH is 2. The number of hydrogen-bond acceptors (Lipinski definition) is 2. The Balaban J connectivity index is 3.98. The van der Waals surface area contributed by atoms with Crippen molar-refractivity contribution >= 4 is 0 Å². The fraction of sp³-hybridized carbons (Fsp3) is 1.00. The summed E-state index contributed by atoms with van der Waals surface area (Å²) in [6, 6.07) is 0. The van der Waals surface area contributed by atoms with Crippen molar-refractivity contribution in [2.45, 2.75) is 45.1 Å². The predicted molar refractivity (Wildman–Crippen MR) is 42.1 cm³/mol. The molecule has 0 bridgehead atoms. The molecule has 0 aromatic rings. The van der Waals surface area contributed by atoms with E-state index in [9.17, 15) is 13.2 Å². The van der Waals surface area contributed by atoms with Crippen molar-refractivity contribution in [1.82, 2.24) is 0 Å². The fourth-order valence-corrected chi connectivity index (χ4v) is 1.05. The topological polar surface area (TPSA) is 40.5 Å². The lowest BCUT2D eigenvalue weighted by atomic mass is 9.96. The van der Waals surface area contributed by atoms with E-state index < -0.39 is 30.7 Å². The summed E-state index contributed by atoms with van der Waals surface area (Å²) in [6.07, 6.45) is -7.74. The molecule has 0 heterocycles. The Labute approximate surface area is 75.4 Å². The molecule has 5 heteroatoms. The number of halogens is 3. The predicted octanol–water partition coefficient (Wildman–Crippen LogP) is 1.71. The molecule has 13 heavy (non-hydrogen) atoms. The molecule has 0 aromatic carbocycles. The molecule has 0 aliphatic heterocycles. The van der Waals surface area contributed by atoms with Gasteiger partial charge in [0, 0.05) is 0 Å². The largest absolute Gasteiger partial charge is 0.414 e. The summed E-state index contributed by atoms with van der Waals surface area (Å²) in [4.78, 5) is 0. The minimum absolute atomic E-state index is 0.395. The summed E-state index contributed by atoms with van der Waals surface area (Å²) in [7, 11) is 0. The third-order valence-electron chi connectivity index (χ3n) is 2.05. The molecule has 0 rings (SSSR count). The molecule has 0 fully saturated rings. The van der Waals surface area contributed by atoms with Crippen LogP contribution in [-0.2, 0) is 0 Å². The molecule has 0 amide bonds. The molecule has 0 radical (unpaired) electrons. The van der Waals surface area contributed by atoms with Crippen LogP contribution in [0, 0.1) is 5.92 Å². The van der Waals surface area contributed by atoms with Crippen molar-refractivity contribution in [2.24, 2.45) is 5.92 Å². The quantitative estimate of drug-likeness (QED) is 0.725. The lowest BCUT2D eigenvalue weighted by molar-refractivity contribution is -0.210. The summed E-state index contributed by atoms with van der Waals surface area (Å²) >= 11 is 0. The smallest absolute Gasteiger partial charge is 0.393 e. The normalized spacial score (nSPS) is 19.6. The molecule has 0 saturated carbocycles. The molecular weight excluding hydrogens is 185 g/mol. The highest BCUT2D eigenvalue weighted by molar-refractivity contribution is 4.72. The minimum atomic E-state index is -4.58. The molecule has 0 aliphatic carbocycles.